The summed E-state index contributed by atoms with van der Waals surface area (Å²) >= 11 is 6.21. The van der Waals surface area contributed by atoms with Crippen LogP contribution in [0.5, 0.6) is 5.75 Å². The van der Waals surface area contributed by atoms with Gasteiger partial charge in [0.15, 0.2) is 5.96 Å². The van der Waals surface area contributed by atoms with Gasteiger partial charge in [-0.2, -0.15) is 0 Å². The summed E-state index contributed by atoms with van der Waals surface area (Å²) in [5, 5.41) is 10.8. The van der Waals surface area contributed by atoms with Crippen LogP contribution in [0.3, 0.4) is 0 Å². The number of aryl methyl sites for hydroxylation is 1. The van der Waals surface area contributed by atoms with Gasteiger partial charge in [0.2, 0.25) is 0 Å². The summed E-state index contributed by atoms with van der Waals surface area (Å²) in [5.41, 5.74) is 7.19. The third kappa shape index (κ3) is 5.36. The van der Waals surface area contributed by atoms with E-state index in [0.717, 1.165) is 36.8 Å². The van der Waals surface area contributed by atoms with Crippen molar-refractivity contribution in [3.63, 3.8) is 0 Å². The molecule has 0 aromatic heterocycles. The van der Waals surface area contributed by atoms with Crippen LogP contribution in [0.4, 0.5) is 0 Å². The molecule has 0 amide bonds. The molecule has 0 saturated heterocycles. The highest BCUT2D eigenvalue weighted by Crippen LogP contribution is 2.34. The summed E-state index contributed by atoms with van der Waals surface area (Å²) in [6.07, 6.45) is 3.51. The zero-order valence-corrected chi connectivity index (χ0v) is 16.0. The molecule has 0 bridgehead atoms. The van der Waals surface area contributed by atoms with E-state index in [2.05, 4.69) is 19.2 Å². The third-order valence-electron chi connectivity index (χ3n) is 4.88. The average Bonchev–Trinajstić information content (AvgIpc) is 2.56. The van der Waals surface area contributed by atoms with Crippen LogP contribution in [0.2, 0.25) is 5.02 Å². The van der Waals surface area contributed by atoms with Crippen LogP contribution in [-0.4, -0.2) is 18.5 Å². The van der Waals surface area contributed by atoms with Gasteiger partial charge in [0.25, 0.3) is 0 Å². The van der Waals surface area contributed by atoms with E-state index in [1.54, 1.807) is 0 Å². The summed E-state index contributed by atoms with van der Waals surface area (Å²) < 4.78 is 5.75. The molecule has 0 atom stereocenters. The highest BCUT2D eigenvalue weighted by molar-refractivity contribution is 6.31. The molecular formula is C19H28ClN3O2. The van der Waals surface area contributed by atoms with E-state index in [9.17, 15) is 4.79 Å². The lowest BCUT2D eigenvalue weighted by Gasteiger charge is -2.27. The molecule has 4 N–H and O–H groups in total. The lowest BCUT2D eigenvalue weighted by molar-refractivity contribution is -0.140. The Bertz CT molecular complexity index is 638. The molecule has 5 nitrogen and oxygen atoms in total. The predicted octanol–water partition coefficient (Wildman–Crippen LogP) is 3.97. The molecule has 1 aromatic carbocycles. The molecule has 25 heavy (non-hydrogen) atoms. The molecule has 138 valence electrons. The van der Waals surface area contributed by atoms with E-state index in [1.165, 1.54) is 0 Å². The highest BCUT2D eigenvalue weighted by atomic mass is 35.5. The maximum atomic E-state index is 12.6. The number of nitrogens with two attached hydrogens (primary N) is 1. The number of halogens is 1. The lowest BCUT2D eigenvalue weighted by Crippen LogP contribution is -2.36. The number of rotatable bonds is 5. The van der Waals surface area contributed by atoms with Gasteiger partial charge in [0.1, 0.15) is 5.75 Å². The zero-order chi connectivity index (χ0) is 18.6. The molecule has 2 rings (SSSR count). The first-order valence-corrected chi connectivity index (χ1v) is 9.25. The van der Waals surface area contributed by atoms with E-state index in [-0.39, 0.29) is 23.8 Å². The SMILES string of the molecule is Cc1cc(OC(=O)C2CCC(CNC(=N)N)CC2)c(C(C)C)cc1Cl. The van der Waals surface area contributed by atoms with Gasteiger partial charge in [-0.05, 0) is 67.7 Å². The number of esters is 1. The second kappa shape index (κ2) is 8.56. The minimum Gasteiger partial charge on any atom is -0.426 e. The van der Waals surface area contributed by atoms with Gasteiger partial charge in [0.05, 0.1) is 5.92 Å². The quantitative estimate of drug-likeness (QED) is 0.319. The maximum absolute atomic E-state index is 12.6. The second-order valence-electron chi connectivity index (χ2n) is 7.23. The highest BCUT2D eigenvalue weighted by Gasteiger charge is 2.28. The Labute approximate surface area is 154 Å². The molecule has 0 radical (unpaired) electrons. The number of guanidine groups is 1. The monoisotopic (exact) mass is 365 g/mol. The normalized spacial score (nSPS) is 20.4. The number of hydrogen-bond donors (Lipinski definition) is 3. The zero-order valence-electron chi connectivity index (χ0n) is 15.2. The molecule has 0 aliphatic heterocycles. The summed E-state index contributed by atoms with van der Waals surface area (Å²) in [4.78, 5) is 12.6. The van der Waals surface area contributed by atoms with Crippen molar-refractivity contribution in [3.05, 3.63) is 28.3 Å². The smallest absolute Gasteiger partial charge is 0.314 e. The van der Waals surface area contributed by atoms with Crippen LogP contribution in [0.15, 0.2) is 12.1 Å². The molecule has 1 aliphatic carbocycles. The van der Waals surface area contributed by atoms with Crippen molar-refractivity contribution in [2.24, 2.45) is 17.6 Å². The number of hydrogen-bond acceptors (Lipinski definition) is 3. The summed E-state index contributed by atoms with van der Waals surface area (Å²) in [6, 6.07) is 3.76. The minimum atomic E-state index is -0.151. The van der Waals surface area contributed by atoms with Crippen LogP contribution in [0, 0.1) is 24.2 Å². The topological polar surface area (TPSA) is 88.2 Å². The number of benzene rings is 1. The van der Waals surface area contributed by atoms with Crippen molar-refractivity contribution in [2.45, 2.75) is 52.4 Å². The summed E-state index contributed by atoms with van der Waals surface area (Å²) in [6.45, 7) is 6.74. The van der Waals surface area contributed by atoms with Gasteiger partial charge in [0, 0.05) is 11.6 Å². The molecule has 1 saturated carbocycles. The molecule has 1 fully saturated rings. The molecule has 0 unspecified atom stereocenters. The van der Waals surface area contributed by atoms with E-state index in [1.807, 2.05) is 19.1 Å². The van der Waals surface area contributed by atoms with Crippen molar-refractivity contribution in [1.29, 1.82) is 5.41 Å². The van der Waals surface area contributed by atoms with Crippen LogP contribution >= 0.6 is 11.6 Å². The first-order chi connectivity index (χ1) is 11.8. The number of carbonyl (C=O) groups is 1. The van der Waals surface area contributed by atoms with Crippen molar-refractivity contribution >= 4 is 23.5 Å². The largest absolute Gasteiger partial charge is 0.426 e. The standard InChI is InChI=1S/C19H28ClN3O2/c1-11(2)15-9-16(20)12(3)8-17(15)25-18(24)14-6-4-13(5-7-14)10-23-19(21)22/h8-9,11,13-14H,4-7,10H2,1-3H3,(H4,21,22,23). The summed E-state index contributed by atoms with van der Waals surface area (Å²) in [5.74, 6) is 1.10. The fraction of sp³-hybridized carbons (Fsp3) is 0.579. The molecule has 0 heterocycles. The van der Waals surface area contributed by atoms with Crippen LogP contribution in [-0.2, 0) is 4.79 Å². The molecular weight excluding hydrogens is 338 g/mol. The Morgan fingerprint density at radius 3 is 2.56 bits per heavy atom. The van der Waals surface area contributed by atoms with Gasteiger partial charge >= 0.3 is 5.97 Å². The Balaban J connectivity index is 1.97. The van der Waals surface area contributed by atoms with Crippen LogP contribution in [0.25, 0.3) is 0 Å². The van der Waals surface area contributed by atoms with Crippen LogP contribution in [0.1, 0.15) is 56.6 Å². The lowest BCUT2D eigenvalue weighted by atomic mass is 9.82. The molecule has 0 spiro atoms. The van der Waals surface area contributed by atoms with E-state index in [4.69, 9.17) is 27.5 Å². The van der Waals surface area contributed by atoms with Gasteiger partial charge in [-0.3, -0.25) is 10.2 Å². The van der Waals surface area contributed by atoms with E-state index >= 15 is 0 Å². The minimum absolute atomic E-state index is 0.000793. The number of carbonyl (C=O) groups excluding carboxylic acids is 1. The molecule has 1 aliphatic rings. The predicted molar refractivity (Wildman–Crippen MR) is 101 cm³/mol. The van der Waals surface area contributed by atoms with Crippen molar-refractivity contribution < 1.29 is 9.53 Å². The van der Waals surface area contributed by atoms with Crippen molar-refractivity contribution in [2.75, 3.05) is 6.54 Å². The Kier molecular flexibility index (Phi) is 6.71. The second-order valence-corrected chi connectivity index (χ2v) is 7.63. The van der Waals surface area contributed by atoms with Crippen molar-refractivity contribution in [1.82, 2.24) is 5.32 Å². The van der Waals surface area contributed by atoms with Gasteiger partial charge in [-0.1, -0.05) is 25.4 Å². The summed E-state index contributed by atoms with van der Waals surface area (Å²) in [7, 11) is 0. The first-order valence-electron chi connectivity index (χ1n) is 8.87. The number of ether oxygens (including phenoxy) is 1. The van der Waals surface area contributed by atoms with Gasteiger partial charge in [-0.25, -0.2) is 0 Å². The van der Waals surface area contributed by atoms with E-state index < -0.39 is 0 Å². The van der Waals surface area contributed by atoms with Crippen LogP contribution < -0.4 is 15.8 Å². The van der Waals surface area contributed by atoms with Crippen molar-refractivity contribution in [3.8, 4) is 5.75 Å². The Hall–Kier alpha value is -1.75. The molecule has 6 heteroatoms. The average molecular weight is 366 g/mol. The van der Waals surface area contributed by atoms with E-state index in [0.29, 0.717) is 23.2 Å². The third-order valence-corrected chi connectivity index (χ3v) is 5.29. The fourth-order valence-electron chi connectivity index (χ4n) is 3.26. The first kappa shape index (κ1) is 19.6. The molecule has 1 aromatic rings. The Morgan fingerprint density at radius 1 is 1.36 bits per heavy atom. The fourth-order valence-corrected chi connectivity index (χ4v) is 3.43. The Morgan fingerprint density at radius 2 is 2.00 bits per heavy atom. The number of nitrogens with one attached hydrogen (secondary N) is 2. The maximum Gasteiger partial charge on any atom is 0.314 e. The van der Waals surface area contributed by atoms with Gasteiger partial charge in [-0.15, -0.1) is 0 Å². The van der Waals surface area contributed by atoms with Gasteiger partial charge < -0.3 is 15.8 Å².